The standard InChI is InChI=1S/C12H13N3O2/c1-8-14-12(17-15-8)9-2-4-10(5-3-9)16-11-6-13-7-11/h2-5,11,13H,6-7H2,1H3. The van der Waals surface area contributed by atoms with Crippen molar-refractivity contribution in [2.24, 2.45) is 0 Å². The van der Waals surface area contributed by atoms with E-state index in [0.29, 0.717) is 17.8 Å². The summed E-state index contributed by atoms with van der Waals surface area (Å²) in [6.07, 6.45) is 0.298. The average molecular weight is 231 g/mol. The lowest BCUT2D eigenvalue weighted by Crippen LogP contribution is -2.50. The molecule has 1 saturated heterocycles. The van der Waals surface area contributed by atoms with Crippen molar-refractivity contribution in [3.05, 3.63) is 30.1 Å². The van der Waals surface area contributed by atoms with E-state index in [0.717, 1.165) is 24.4 Å². The van der Waals surface area contributed by atoms with Gasteiger partial charge >= 0.3 is 0 Å². The quantitative estimate of drug-likeness (QED) is 0.865. The van der Waals surface area contributed by atoms with Crippen molar-refractivity contribution in [3.63, 3.8) is 0 Å². The fourth-order valence-corrected chi connectivity index (χ4v) is 1.63. The second-order valence-corrected chi connectivity index (χ2v) is 4.07. The van der Waals surface area contributed by atoms with Crippen molar-refractivity contribution in [3.8, 4) is 17.2 Å². The van der Waals surface area contributed by atoms with Crippen molar-refractivity contribution < 1.29 is 9.26 Å². The monoisotopic (exact) mass is 231 g/mol. The maximum atomic E-state index is 5.72. The highest BCUT2D eigenvalue weighted by molar-refractivity contribution is 5.54. The molecule has 2 aromatic rings. The van der Waals surface area contributed by atoms with Crippen LogP contribution in [-0.2, 0) is 0 Å². The van der Waals surface area contributed by atoms with Crippen LogP contribution >= 0.6 is 0 Å². The van der Waals surface area contributed by atoms with E-state index in [2.05, 4.69) is 15.5 Å². The van der Waals surface area contributed by atoms with Crippen LogP contribution in [0, 0.1) is 6.92 Å². The van der Waals surface area contributed by atoms with Gasteiger partial charge in [-0.1, -0.05) is 5.16 Å². The Labute approximate surface area is 98.8 Å². The molecule has 1 N–H and O–H groups in total. The predicted molar refractivity (Wildman–Crippen MR) is 61.8 cm³/mol. The minimum atomic E-state index is 0.298. The van der Waals surface area contributed by atoms with Gasteiger partial charge in [0.1, 0.15) is 11.9 Å². The van der Waals surface area contributed by atoms with Gasteiger partial charge in [0.2, 0.25) is 0 Å². The Hall–Kier alpha value is -1.88. The van der Waals surface area contributed by atoms with E-state index in [4.69, 9.17) is 9.26 Å². The minimum Gasteiger partial charge on any atom is -0.488 e. The van der Waals surface area contributed by atoms with Gasteiger partial charge in [-0.2, -0.15) is 4.98 Å². The van der Waals surface area contributed by atoms with Crippen LogP contribution in [0.15, 0.2) is 28.8 Å². The molecule has 0 spiro atoms. The zero-order valence-corrected chi connectivity index (χ0v) is 9.51. The molecule has 88 valence electrons. The van der Waals surface area contributed by atoms with Crippen LogP contribution in [0.4, 0.5) is 0 Å². The lowest BCUT2D eigenvalue weighted by Gasteiger charge is -2.27. The molecule has 2 heterocycles. The Morgan fingerprint density at radius 2 is 2.06 bits per heavy atom. The predicted octanol–water partition coefficient (Wildman–Crippen LogP) is 1.40. The number of hydrogen-bond donors (Lipinski definition) is 1. The number of hydrogen-bond acceptors (Lipinski definition) is 5. The second-order valence-electron chi connectivity index (χ2n) is 4.07. The first-order valence-electron chi connectivity index (χ1n) is 5.59. The van der Waals surface area contributed by atoms with Crippen LogP contribution < -0.4 is 10.1 Å². The topological polar surface area (TPSA) is 60.2 Å². The molecule has 0 saturated carbocycles. The number of ether oxygens (including phenoxy) is 1. The summed E-state index contributed by atoms with van der Waals surface area (Å²) < 4.78 is 10.8. The van der Waals surface area contributed by atoms with Gasteiger partial charge in [-0.05, 0) is 31.2 Å². The van der Waals surface area contributed by atoms with E-state index in [-0.39, 0.29) is 0 Å². The summed E-state index contributed by atoms with van der Waals surface area (Å²) in [6, 6.07) is 7.70. The Kier molecular flexibility index (Phi) is 2.53. The number of nitrogens with zero attached hydrogens (tertiary/aromatic N) is 2. The third kappa shape index (κ3) is 2.14. The second kappa shape index (κ2) is 4.18. The summed E-state index contributed by atoms with van der Waals surface area (Å²) in [5.41, 5.74) is 0.907. The first-order chi connectivity index (χ1) is 8.31. The smallest absolute Gasteiger partial charge is 0.257 e. The Morgan fingerprint density at radius 1 is 1.29 bits per heavy atom. The van der Waals surface area contributed by atoms with Crippen molar-refractivity contribution in [2.75, 3.05) is 13.1 Å². The molecule has 17 heavy (non-hydrogen) atoms. The van der Waals surface area contributed by atoms with E-state index in [9.17, 15) is 0 Å². The van der Waals surface area contributed by atoms with E-state index >= 15 is 0 Å². The molecule has 1 aliphatic heterocycles. The summed E-state index contributed by atoms with van der Waals surface area (Å²) in [7, 11) is 0. The van der Waals surface area contributed by atoms with Crippen LogP contribution in [0.1, 0.15) is 5.82 Å². The fourth-order valence-electron chi connectivity index (χ4n) is 1.63. The molecule has 0 atom stereocenters. The van der Waals surface area contributed by atoms with Crippen LogP contribution in [0.5, 0.6) is 5.75 Å². The van der Waals surface area contributed by atoms with Gasteiger partial charge in [-0.3, -0.25) is 0 Å². The molecule has 5 nitrogen and oxygen atoms in total. The number of aromatic nitrogens is 2. The number of nitrogens with one attached hydrogen (secondary N) is 1. The maximum absolute atomic E-state index is 5.72. The lowest BCUT2D eigenvalue weighted by atomic mass is 10.2. The van der Waals surface area contributed by atoms with Gasteiger partial charge in [-0.25, -0.2) is 0 Å². The van der Waals surface area contributed by atoms with E-state index in [1.165, 1.54) is 0 Å². The van der Waals surface area contributed by atoms with Crippen LogP contribution in [0.2, 0.25) is 0 Å². The summed E-state index contributed by atoms with van der Waals surface area (Å²) in [4.78, 5) is 4.17. The molecule has 0 radical (unpaired) electrons. The summed E-state index contributed by atoms with van der Waals surface area (Å²) >= 11 is 0. The van der Waals surface area contributed by atoms with Gasteiger partial charge in [0.05, 0.1) is 0 Å². The molecular formula is C12H13N3O2. The molecule has 3 rings (SSSR count). The van der Waals surface area contributed by atoms with E-state index < -0.39 is 0 Å². The van der Waals surface area contributed by atoms with Crippen molar-refractivity contribution in [2.45, 2.75) is 13.0 Å². The fraction of sp³-hybridized carbons (Fsp3) is 0.333. The third-order valence-corrected chi connectivity index (χ3v) is 2.68. The van der Waals surface area contributed by atoms with E-state index in [1.807, 2.05) is 24.3 Å². The molecular weight excluding hydrogens is 218 g/mol. The normalized spacial score (nSPS) is 15.6. The first kappa shape index (κ1) is 10.3. The summed E-state index contributed by atoms with van der Waals surface area (Å²) in [6.45, 7) is 3.64. The Morgan fingerprint density at radius 3 is 2.59 bits per heavy atom. The van der Waals surface area contributed by atoms with Gasteiger partial charge in [0.15, 0.2) is 5.82 Å². The molecule has 1 aromatic carbocycles. The zero-order valence-electron chi connectivity index (χ0n) is 9.51. The summed E-state index contributed by atoms with van der Waals surface area (Å²) in [5.74, 6) is 2.05. The van der Waals surface area contributed by atoms with Gasteiger partial charge in [0, 0.05) is 18.7 Å². The molecule has 1 fully saturated rings. The van der Waals surface area contributed by atoms with Gasteiger partial charge in [0.25, 0.3) is 5.89 Å². The van der Waals surface area contributed by atoms with Crippen LogP contribution in [0.25, 0.3) is 11.5 Å². The van der Waals surface area contributed by atoms with Crippen LogP contribution in [0.3, 0.4) is 0 Å². The Bertz CT molecular complexity index is 503. The van der Waals surface area contributed by atoms with E-state index in [1.54, 1.807) is 6.92 Å². The molecule has 5 heteroatoms. The number of rotatable bonds is 3. The molecule has 0 aliphatic carbocycles. The molecule has 0 unspecified atom stereocenters. The summed E-state index contributed by atoms with van der Waals surface area (Å²) in [5, 5.41) is 6.92. The highest BCUT2D eigenvalue weighted by Crippen LogP contribution is 2.21. The molecule has 0 amide bonds. The largest absolute Gasteiger partial charge is 0.488 e. The minimum absolute atomic E-state index is 0.298. The lowest BCUT2D eigenvalue weighted by molar-refractivity contribution is 0.142. The van der Waals surface area contributed by atoms with Crippen molar-refractivity contribution in [1.29, 1.82) is 0 Å². The highest BCUT2D eigenvalue weighted by Gasteiger charge is 2.18. The molecule has 1 aliphatic rings. The molecule has 0 bridgehead atoms. The van der Waals surface area contributed by atoms with Crippen molar-refractivity contribution >= 4 is 0 Å². The van der Waals surface area contributed by atoms with Gasteiger partial charge in [-0.15, -0.1) is 0 Å². The third-order valence-electron chi connectivity index (χ3n) is 2.68. The van der Waals surface area contributed by atoms with Crippen molar-refractivity contribution in [1.82, 2.24) is 15.5 Å². The highest BCUT2D eigenvalue weighted by atomic mass is 16.5. The van der Waals surface area contributed by atoms with Gasteiger partial charge < -0.3 is 14.6 Å². The number of benzene rings is 1. The zero-order chi connectivity index (χ0) is 11.7. The first-order valence-corrected chi connectivity index (χ1v) is 5.59. The SMILES string of the molecule is Cc1noc(-c2ccc(OC3CNC3)cc2)n1. The molecule has 1 aromatic heterocycles. The average Bonchev–Trinajstić information content (AvgIpc) is 2.71. The van der Waals surface area contributed by atoms with Crippen LogP contribution in [-0.4, -0.2) is 29.3 Å². The maximum Gasteiger partial charge on any atom is 0.257 e. The number of aryl methyl sites for hydroxylation is 1. The Balaban J connectivity index is 1.75.